The second-order valence-electron chi connectivity index (χ2n) is 5.07. The number of allylic oxidation sites excluding steroid dienone is 2. The minimum Gasteiger partial charge on any atom is -0.305 e. The average molecular weight is 197 g/mol. The molecule has 2 heteroatoms. The summed E-state index contributed by atoms with van der Waals surface area (Å²) in [5.41, 5.74) is 4.87. The number of hydroxylamine groups is 1. The fourth-order valence-corrected chi connectivity index (χ4v) is 2.73. The Kier molecular flexibility index (Phi) is 3.73. The highest BCUT2D eigenvalue weighted by atomic mass is 16.6. The van der Waals surface area contributed by atoms with E-state index in [0.717, 1.165) is 0 Å². The van der Waals surface area contributed by atoms with Crippen molar-refractivity contribution in [1.29, 1.82) is 0 Å². The van der Waals surface area contributed by atoms with Crippen LogP contribution in [0.25, 0.3) is 0 Å². The molecule has 0 saturated heterocycles. The van der Waals surface area contributed by atoms with Crippen LogP contribution in [0, 0.1) is 11.3 Å². The van der Waals surface area contributed by atoms with E-state index in [9.17, 15) is 0 Å². The molecule has 82 valence electrons. The lowest BCUT2D eigenvalue weighted by molar-refractivity contribution is 0.0247. The molecule has 0 aromatic heterocycles. The molecule has 1 aliphatic carbocycles. The van der Waals surface area contributed by atoms with Crippen molar-refractivity contribution in [2.24, 2.45) is 11.3 Å². The summed E-state index contributed by atoms with van der Waals surface area (Å²) in [5, 5.41) is 0. The Labute approximate surface area is 87.7 Å². The van der Waals surface area contributed by atoms with E-state index in [-0.39, 0.29) is 5.41 Å². The summed E-state index contributed by atoms with van der Waals surface area (Å²) >= 11 is 0. The molecule has 0 radical (unpaired) electrons. The second-order valence-corrected chi connectivity index (χ2v) is 5.07. The SMILES string of the molecule is CONC(C)C1CCC(C)=CC1(C)C. The zero-order valence-electron chi connectivity index (χ0n) is 10.1. The number of nitrogens with one attached hydrogen (secondary N) is 1. The van der Waals surface area contributed by atoms with Gasteiger partial charge in [-0.1, -0.05) is 25.5 Å². The first kappa shape index (κ1) is 11.7. The third-order valence-corrected chi connectivity index (χ3v) is 3.33. The van der Waals surface area contributed by atoms with Crippen molar-refractivity contribution in [2.45, 2.75) is 46.6 Å². The lowest BCUT2D eigenvalue weighted by atomic mass is 9.68. The van der Waals surface area contributed by atoms with Crippen molar-refractivity contribution in [3.63, 3.8) is 0 Å². The zero-order chi connectivity index (χ0) is 10.8. The monoisotopic (exact) mass is 197 g/mol. The molecule has 0 spiro atoms. The number of rotatable bonds is 3. The topological polar surface area (TPSA) is 21.3 Å². The third-order valence-electron chi connectivity index (χ3n) is 3.33. The van der Waals surface area contributed by atoms with Crippen molar-refractivity contribution in [3.8, 4) is 0 Å². The van der Waals surface area contributed by atoms with E-state index < -0.39 is 0 Å². The van der Waals surface area contributed by atoms with Crippen LogP contribution in [0.4, 0.5) is 0 Å². The molecular formula is C12H23NO. The minimum atomic E-state index is 0.285. The van der Waals surface area contributed by atoms with Crippen molar-refractivity contribution in [2.75, 3.05) is 7.11 Å². The van der Waals surface area contributed by atoms with E-state index in [2.05, 4.69) is 39.3 Å². The van der Waals surface area contributed by atoms with Gasteiger partial charge in [-0.2, -0.15) is 5.48 Å². The molecule has 1 rings (SSSR count). The van der Waals surface area contributed by atoms with Crippen LogP contribution in [0.15, 0.2) is 11.6 Å². The summed E-state index contributed by atoms with van der Waals surface area (Å²) in [6.07, 6.45) is 4.89. The minimum absolute atomic E-state index is 0.285. The molecule has 1 aliphatic rings. The van der Waals surface area contributed by atoms with E-state index in [1.807, 2.05) is 0 Å². The summed E-state index contributed by atoms with van der Waals surface area (Å²) in [6, 6.07) is 0.416. The normalized spacial score (nSPS) is 28.4. The van der Waals surface area contributed by atoms with Crippen LogP contribution >= 0.6 is 0 Å². The van der Waals surface area contributed by atoms with Crippen LogP contribution in [0.2, 0.25) is 0 Å². The second kappa shape index (κ2) is 4.45. The fraction of sp³-hybridized carbons (Fsp3) is 0.833. The maximum atomic E-state index is 5.01. The summed E-state index contributed by atoms with van der Waals surface area (Å²) in [7, 11) is 1.69. The van der Waals surface area contributed by atoms with Gasteiger partial charge in [0.1, 0.15) is 0 Å². The van der Waals surface area contributed by atoms with Gasteiger partial charge in [0.15, 0.2) is 0 Å². The highest BCUT2D eigenvalue weighted by molar-refractivity contribution is 5.12. The molecule has 2 atom stereocenters. The molecule has 2 nitrogen and oxygen atoms in total. The van der Waals surface area contributed by atoms with Crippen LogP contribution < -0.4 is 5.48 Å². The smallest absolute Gasteiger partial charge is 0.0572 e. The predicted octanol–water partition coefficient (Wildman–Crippen LogP) is 2.91. The van der Waals surface area contributed by atoms with Crippen molar-refractivity contribution >= 4 is 0 Å². The van der Waals surface area contributed by atoms with Crippen molar-refractivity contribution < 1.29 is 4.84 Å². The third kappa shape index (κ3) is 2.58. The average Bonchev–Trinajstić information content (AvgIpc) is 2.01. The van der Waals surface area contributed by atoms with Gasteiger partial charge >= 0.3 is 0 Å². The molecule has 0 fully saturated rings. The highest BCUT2D eigenvalue weighted by Crippen LogP contribution is 2.40. The fourth-order valence-electron chi connectivity index (χ4n) is 2.73. The van der Waals surface area contributed by atoms with Crippen molar-refractivity contribution in [1.82, 2.24) is 5.48 Å². The van der Waals surface area contributed by atoms with Gasteiger partial charge in [-0.3, -0.25) is 0 Å². The molecule has 14 heavy (non-hydrogen) atoms. The maximum absolute atomic E-state index is 5.01. The van der Waals surface area contributed by atoms with Crippen molar-refractivity contribution in [3.05, 3.63) is 11.6 Å². The number of hydrogen-bond acceptors (Lipinski definition) is 2. The Morgan fingerprint density at radius 1 is 1.57 bits per heavy atom. The quantitative estimate of drug-likeness (QED) is 0.555. The van der Waals surface area contributed by atoms with Crippen LogP contribution in [0.3, 0.4) is 0 Å². The first-order valence-electron chi connectivity index (χ1n) is 5.44. The predicted molar refractivity (Wildman–Crippen MR) is 59.9 cm³/mol. The molecule has 0 saturated carbocycles. The highest BCUT2D eigenvalue weighted by Gasteiger charge is 2.34. The first-order chi connectivity index (χ1) is 6.47. The van der Waals surface area contributed by atoms with E-state index in [1.54, 1.807) is 7.11 Å². The molecule has 1 N–H and O–H groups in total. The van der Waals surface area contributed by atoms with E-state index in [4.69, 9.17) is 4.84 Å². The molecule has 0 bridgehead atoms. The Balaban J connectivity index is 2.71. The van der Waals surface area contributed by atoms with Crippen LogP contribution in [0.5, 0.6) is 0 Å². The summed E-state index contributed by atoms with van der Waals surface area (Å²) in [5.74, 6) is 0.658. The number of hydrogen-bond donors (Lipinski definition) is 1. The molecule has 0 aliphatic heterocycles. The first-order valence-corrected chi connectivity index (χ1v) is 5.44. The van der Waals surface area contributed by atoms with E-state index >= 15 is 0 Å². The Bertz CT molecular complexity index is 220. The maximum Gasteiger partial charge on any atom is 0.0572 e. The van der Waals surface area contributed by atoms with Gasteiger partial charge in [0.2, 0.25) is 0 Å². The van der Waals surface area contributed by atoms with Gasteiger partial charge in [-0.15, -0.1) is 0 Å². The summed E-state index contributed by atoms with van der Waals surface area (Å²) in [6.45, 7) is 9.05. The van der Waals surface area contributed by atoms with Gasteiger partial charge in [0.25, 0.3) is 0 Å². The lowest BCUT2D eigenvalue weighted by Crippen LogP contribution is -2.41. The van der Waals surface area contributed by atoms with E-state index in [1.165, 1.54) is 18.4 Å². The Morgan fingerprint density at radius 3 is 2.71 bits per heavy atom. The lowest BCUT2D eigenvalue weighted by Gasteiger charge is -2.40. The van der Waals surface area contributed by atoms with Gasteiger partial charge in [-0.25, -0.2) is 0 Å². The Morgan fingerprint density at radius 2 is 2.21 bits per heavy atom. The van der Waals surface area contributed by atoms with Crippen LogP contribution in [0.1, 0.15) is 40.5 Å². The molecule has 2 unspecified atom stereocenters. The van der Waals surface area contributed by atoms with Gasteiger partial charge in [0.05, 0.1) is 7.11 Å². The molecule has 0 amide bonds. The Hall–Kier alpha value is -0.340. The summed E-state index contributed by atoms with van der Waals surface area (Å²) in [4.78, 5) is 5.01. The van der Waals surface area contributed by atoms with Crippen LogP contribution in [-0.2, 0) is 4.84 Å². The van der Waals surface area contributed by atoms with E-state index in [0.29, 0.717) is 12.0 Å². The molecular weight excluding hydrogens is 174 g/mol. The van der Waals surface area contributed by atoms with Gasteiger partial charge in [0, 0.05) is 6.04 Å². The van der Waals surface area contributed by atoms with Gasteiger partial charge in [-0.05, 0) is 38.0 Å². The molecule has 0 aromatic carbocycles. The zero-order valence-corrected chi connectivity index (χ0v) is 10.1. The molecule has 0 aromatic rings. The summed E-state index contributed by atoms with van der Waals surface area (Å²) < 4.78 is 0. The van der Waals surface area contributed by atoms with Gasteiger partial charge < -0.3 is 4.84 Å². The standard InChI is InChI=1S/C12H23NO/c1-9-6-7-11(10(2)13-14-5)12(3,4)8-9/h8,10-11,13H,6-7H2,1-5H3. The molecule has 0 heterocycles. The largest absolute Gasteiger partial charge is 0.305 e. The van der Waals surface area contributed by atoms with Crippen LogP contribution in [-0.4, -0.2) is 13.2 Å².